The normalized spacial score (nSPS) is 17.8. The molecule has 0 spiro atoms. The van der Waals surface area contributed by atoms with Crippen molar-refractivity contribution in [2.45, 2.75) is 30.6 Å². The number of ether oxygens (including phenoxy) is 1. The van der Waals surface area contributed by atoms with Gasteiger partial charge >= 0.3 is 0 Å². The molecule has 0 saturated carbocycles. The first-order chi connectivity index (χ1) is 12.1. The molecule has 25 heavy (non-hydrogen) atoms. The molecule has 1 aliphatic heterocycles. The Morgan fingerprint density at radius 3 is 2.88 bits per heavy atom. The average molecular weight is 363 g/mol. The molecule has 1 fully saturated rings. The molecule has 0 bridgehead atoms. The summed E-state index contributed by atoms with van der Waals surface area (Å²) >= 11 is 4.23. The predicted octanol–water partition coefficient (Wildman–Crippen LogP) is 3.84. The molecule has 3 heterocycles. The Bertz CT molecular complexity index is 926. The Hall–Kier alpha value is -2.26. The molecule has 0 amide bonds. The van der Waals surface area contributed by atoms with E-state index < -0.39 is 11.6 Å². The van der Waals surface area contributed by atoms with Crippen molar-refractivity contribution in [2.24, 2.45) is 0 Å². The second-order valence-corrected chi connectivity index (χ2v) is 6.17. The average Bonchev–Trinajstić information content (AvgIpc) is 3.02. The van der Waals surface area contributed by atoms with Crippen LogP contribution < -0.4 is 5.32 Å². The highest BCUT2D eigenvalue weighted by Gasteiger charge is 2.21. The van der Waals surface area contributed by atoms with Gasteiger partial charge in [-0.1, -0.05) is 0 Å². The number of rotatable bonds is 3. The minimum Gasteiger partial charge on any atom is -0.358 e. The van der Waals surface area contributed by atoms with E-state index in [1.807, 2.05) is 4.57 Å². The van der Waals surface area contributed by atoms with Gasteiger partial charge in [-0.3, -0.25) is 4.57 Å². The van der Waals surface area contributed by atoms with Crippen LogP contribution >= 0.6 is 12.6 Å². The van der Waals surface area contributed by atoms with Gasteiger partial charge in [0, 0.05) is 12.7 Å². The summed E-state index contributed by atoms with van der Waals surface area (Å²) in [6.45, 7) is 0.690. The number of anilines is 2. The van der Waals surface area contributed by atoms with E-state index >= 15 is 0 Å². The molecule has 1 unspecified atom stereocenters. The number of imidazole rings is 1. The van der Waals surface area contributed by atoms with Crippen molar-refractivity contribution in [1.82, 2.24) is 19.5 Å². The highest BCUT2D eigenvalue weighted by molar-refractivity contribution is 7.80. The lowest BCUT2D eigenvalue weighted by Gasteiger charge is -2.23. The molecule has 1 aromatic carbocycles. The molecule has 130 valence electrons. The fourth-order valence-corrected chi connectivity index (χ4v) is 3.06. The van der Waals surface area contributed by atoms with E-state index in [-0.39, 0.29) is 17.1 Å². The van der Waals surface area contributed by atoms with Crippen LogP contribution in [0.5, 0.6) is 0 Å². The van der Waals surface area contributed by atoms with Gasteiger partial charge < -0.3 is 10.1 Å². The largest absolute Gasteiger partial charge is 0.358 e. The molecule has 4 rings (SSSR count). The molecule has 9 heteroatoms. The van der Waals surface area contributed by atoms with Gasteiger partial charge in [0.2, 0.25) is 0 Å². The molecule has 1 N–H and O–H groups in total. The summed E-state index contributed by atoms with van der Waals surface area (Å²) in [5.74, 6) is -1.07. The molecule has 3 aromatic rings. The maximum atomic E-state index is 13.9. The van der Waals surface area contributed by atoms with Gasteiger partial charge in [0.15, 0.2) is 22.1 Å². The third-order valence-corrected chi connectivity index (χ3v) is 4.26. The molecule has 6 nitrogen and oxygen atoms in total. The van der Waals surface area contributed by atoms with Gasteiger partial charge in [-0.25, -0.2) is 23.7 Å². The van der Waals surface area contributed by atoms with Crippen LogP contribution in [0, 0.1) is 11.6 Å². The quantitative estimate of drug-likeness (QED) is 0.547. The number of nitrogens with zero attached hydrogens (tertiary/aromatic N) is 4. The van der Waals surface area contributed by atoms with Crippen molar-refractivity contribution in [3.8, 4) is 0 Å². The minimum atomic E-state index is -0.720. The van der Waals surface area contributed by atoms with Crippen LogP contribution in [-0.4, -0.2) is 26.1 Å². The predicted molar refractivity (Wildman–Crippen MR) is 91.1 cm³/mol. The summed E-state index contributed by atoms with van der Waals surface area (Å²) in [7, 11) is 0. The van der Waals surface area contributed by atoms with Crippen molar-refractivity contribution in [3.05, 3.63) is 36.2 Å². The maximum Gasteiger partial charge on any atom is 0.188 e. The van der Waals surface area contributed by atoms with Gasteiger partial charge in [0.1, 0.15) is 17.9 Å². The van der Waals surface area contributed by atoms with Gasteiger partial charge in [-0.2, -0.15) is 0 Å². The maximum absolute atomic E-state index is 13.9. The molecule has 2 aromatic heterocycles. The van der Waals surface area contributed by atoms with Crippen LogP contribution in [0.2, 0.25) is 0 Å². The van der Waals surface area contributed by atoms with Crippen molar-refractivity contribution in [1.29, 1.82) is 0 Å². The van der Waals surface area contributed by atoms with Crippen molar-refractivity contribution >= 4 is 35.3 Å². The smallest absolute Gasteiger partial charge is 0.188 e. The molecule has 0 aliphatic carbocycles. The van der Waals surface area contributed by atoms with Crippen molar-refractivity contribution in [2.75, 3.05) is 11.9 Å². The van der Waals surface area contributed by atoms with Gasteiger partial charge in [-0.15, -0.1) is 12.6 Å². The summed E-state index contributed by atoms with van der Waals surface area (Å²) in [5.41, 5.74) is 1.12. The number of hydrogen-bond donors (Lipinski definition) is 2. The number of halogens is 2. The van der Waals surface area contributed by atoms with Crippen LogP contribution in [0.4, 0.5) is 20.3 Å². The topological polar surface area (TPSA) is 64.9 Å². The second-order valence-electron chi connectivity index (χ2n) is 5.77. The lowest BCUT2D eigenvalue weighted by molar-refractivity contribution is -0.0298. The number of nitrogens with one attached hydrogen (secondary N) is 1. The highest BCUT2D eigenvalue weighted by Crippen LogP contribution is 2.30. The van der Waals surface area contributed by atoms with E-state index in [4.69, 9.17) is 4.74 Å². The Labute approximate surface area is 147 Å². The third-order valence-electron chi connectivity index (χ3n) is 4.06. The van der Waals surface area contributed by atoms with Gasteiger partial charge in [0.05, 0.1) is 12.0 Å². The van der Waals surface area contributed by atoms with Crippen LogP contribution in [0.1, 0.15) is 25.5 Å². The zero-order chi connectivity index (χ0) is 17.4. The minimum absolute atomic E-state index is 0.0950. The van der Waals surface area contributed by atoms with E-state index in [1.54, 1.807) is 6.33 Å². The van der Waals surface area contributed by atoms with Crippen LogP contribution in [0.15, 0.2) is 29.7 Å². The fraction of sp³-hybridized carbons (Fsp3) is 0.312. The lowest BCUT2D eigenvalue weighted by Crippen LogP contribution is -2.17. The highest BCUT2D eigenvalue weighted by atomic mass is 32.1. The number of thiol groups is 1. The summed E-state index contributed by atoms with van der Waals surface area (Å²) in [6, 6.07) is 3.27. The molecule has 1 saturated heterocycles. The second kappa shape index (κ2) is 6.57. The fourth-order valence-electron chi connectivity index (χ4n) is 2.86. The van der Waals surface area contributed by atoms with Gasteiger partial charge in [-0.05, 0) is 31.4 Å². The summed E-state index contributed by atoms with van der Waals surface area (Å²) in [4.78, 5) is 12.9. The van der Waals surface area contributed by atoms with Crippen LogP contribution in [0.25, 0.3) is 11.2 Å². The van der Waals surface area contributed by atoms with E-state index in [1.165, 1.54) is 12.1 Å². The molecule has 1 atom stereocenters. The Kier molecular flexibility index (Phi) is 4.26. The van der Waals surface area contributed by atoms with E-state index in [2.05, 4.69) is 32.9 Å². The first-order valence-corrected chi connectivity index (χ1v) is 8.34. The van der Waals surface area contributed by atoms with Crippen LogP contribution in [-0.2, 0) is 4.74 Å². The Morgan fingerprint density at radius 2 is 2.12 bits per heavy atom. The summed E-state index contributed by atoms with van der Waals surface area (Å²) in [6.07, 6.45) is 4.46. The number of fused-ring (bicyclic) bond motifs is 1. The van der Waals surface area contributed by atoms with Gasteiger partial charge in [0.25, 0.3) is 0 Å². The molecule has 0 radical (unpaired) electrons. The van der Waals surface area contributed by atoms with E-state index in [0.29, 0.717) is 23.6 Å². The standard InChI is InChI=1S/C16H15F2N5OS/c17-9-4-5-11(10(18)7-9)20-14-13-15(22-16(25)21-14)23(8-19-13)12-3-1-2-6-24-12/h4-5,7-8,12H,1-3,6H2,(H2,20,21,22,25). The zero-order valence-corrected chi connectivity index (χ0v) is 14.0. The number of aromatic nitrogens is 4. The monoisotopic (exact) mass is 363 g/mol. The molecular weight excluding hydrogens is 348 g/mol. The zero-order valence-electron chi connectivity index (χ0n) is 13.1. The summed E-state index contributed by atoms with van der Waals surface area (Å²) in [5, 5.41) is 3.06. The van der Waals surface area contributed by atoms with Crippen LogP contribution in [0.3, 0.4) is 0 Å². The number of hydrogen-bond acceptors (Lipinski definition) is 6. The van der Waals surface area contributed by atoms with E-state index in [0.717, 1.165) is 25.3 Å². The Balaban J connectivity index is 1.75. The molecule has 1 aliphatic rings. The summed E-state index contributed by atoms with van der Waals surface area (Å²) < 4.78 is 34.6. The lowest BCUT2D eigenvalue weighted by atomic mass is 10.2. The Morgan fingerprint density at radius 1 is 1.24 bits per heavy atom. The SMILES string of the molecule is Fc1ccc(Nc2nc(S)nc3c2ncn3C2CCCCO2)c(F)c1. The number of benzene rings is 1. The van der Waals surface area contributed by atoms with Crippen molar-refractivity contribution < 1.29 is 13.5 Å². The first-order valence-electron chi connectivity index (χ1n) is 7.89. The van der Waals surface area contributed by atoms with Crippen molar-refractivity contribution in [3.63, 3.8) is 0 Å². The first kappa shape index (κ1) is 16.2. The molecular formula is C16H15F2N5OS. The van der Waals surface area contributed by atoms with E-state index in [9.17, 15) is 8.78 Å². The third kappa shape index (κ3) is 3.16.